The average molecular weight is 364 g/mol. The third-order valence-electron chi connectivity index (χ3n) is 4.23. The van der Waals surface area contributed by atoms with E-state index in [0.717, 1.165) is 18.6 Å². The maximum Gasteiger partial charge on any atom is 0.277 e. The lowest BCUT2D eigenvalue weighted by atomic mass is 10.1. The quantitative estimate of drug-likeness (QED) is 0.356. The van der Waals surface area contributed by atoms with Crippen LogP contribution in [-0.4, -0.2) is 17.4 Å². The molecule has 0 aliphatic heterocycles. The average Bonchev–Trinajstić information content (AvgIpc) is 2.68. The number of hydrogen-bond acceptors (Lipinski definition) is 4. The van der Waals surface area contributed by atoms with E-state index in [9.17, 15) is 14.9 Å². The van der Waals surface area contributed by atoms with Crippen LogP contribution in [0.1, 0.15) is 30.1 Å². The summed E-state index contributed by atoms with van der Waals surface area (Å²) in [6.45, 7) is 2.75. The van der Waals surface area contributed by atoms with E-state index in [1.165, 1.54) is 6.07 Å². The first-order chi connectivity index (χ1) is 13.1. The third-order valence-corrected chi connectivity index (χ3v) is 4.23. The zero-order valence-electron chi connectivity index (χ0n) is 15.0. The highest BCUT2D eigenvalue weighted by Gasteiger charge is 2.14. The lowest BCUT2D eigenvalue weighted by Crippen LogP contribution is -2.12. The van der Waals surface area contributed by atoms with Crippen LogP contribution >= 0.6 is 0 Å². The maximum atomic E-state index is 12.6. The monoisotopic (exact) mass is 364 g/mol. The summed E-state index contributed by atoms with van der Waals surface area (Å²) in [5.41, 5.74) is 1.03. The molecule has 0 aliphatic rings. The molecule has 0 heterocycles. The normalized spacial score (nSPS) is 10.6. The van der Waals surface area contributed by atoms with Crippen LogP contribution in [0.3, 0.4) is 0 Å². The largest absolute Gasteiger partial charge is 0.494 e. The van der Waals surface area contributed by atoms with Crippen molar-refractivity contribution in [2.45, 2.75) is 19.8 Å². The number of non-ortho nitro benzene ring substituents is 1. The van der Waals surface area contributed by atoms with Gasteiger partial charge in [0.15, 0.2) is 0 Å². The highest BCUT2D eigenvalue weighted by atomic mass is 16.6. The lowest BCUT2D eigenvalue weighted by Gasteiger charge is -2.10. The molecule has 0 saturated carbocycles. The Morgan fingerprint density at radius 1 is 1.04 bits per heavy atom. The molecule has 0 fully saturated rings. The van der Waals surface area contributed by atoms with Crippen molar-refractivity contribution in [1.82, 2.24) is 0 Å². The molecule has 0 aliphatic carbocycles. The molecule has 6 heteroatoms. The van der Waals surface area contributed by atoms with Crippen molar-refractivity contribution in [2.24, 2.45) is 0 Å². The SMILES string of the molecule is CCCCOc1ccc(C(=O)Nc2cccc3c([N+](=O)[O-])cccc23)cc1. The molecule has 0 atom stereocenters. The van der Waals surface area contributed by atoms with Crippen molar-refractivity contribution in [3.63, 3.8) is 0 Å². The second-order valence-electron chi connectivity index (χ2n) is 6.12. The van der Waals surface area contributed by atoms with Gasteiger partial charge < -0.3 is 10.1 Å². The molecular weight excluding hydrogens is 344 g/mol. The number of fused-ring (bicyclic) bond motifs is 1. The topological polar surface area (TPSA) is 81.5 Å². The number of nitrogens with one attached hydrogen (secondary N) is 1. The summed E-state index contributed by atoms with van der Waals surface area (Å²) in [6, 6.07) is 16.8. The Balaban J connectivity index is 1.80. The van der Waals surface area contributed by atoms with Crippen LogP contribution in [0.25, 0.3) is 10.8 Å². The van der Waals surface area contributed by atoms with Crippen molar-refractivity contribution in [3.8, 4) is 5.75 Å². The number of hydrogen-bond donors (Lipinski definition) is 1. The van der Waals surface area contributed by atoms with Crippen LogP contribution in [0.5, 0.6) is 5.75 Å². The second-order valence-corrected chi connectivity index (χ2v) is 6.12. The predicted octanol–water partition coefficient (Wildman–Crippen LogP) is 5.18. The molecule has 27 heavy (non-hydrogen) atoms. The van der Waals surface area contributed by atoms with Crippen LogP contribution in [0.15, 0.2) is 60.7 Å². The number of benzene rings is 3. The van der Waals surface area contributed by atoms with Crippen LogP contribution in [0, 0.1) is 10.1 Å². The van der Waals surface area contributed by atoms with Gasteiger partial charge in [0, 0.05) is 22.7 Å². The van der Waals surface area contributed by atoms with E-state index in [0.29, 0.717) is 28.6 Å². The molecule has 3 rings (SSSR count). The van der Waals surface area contributed by atoms with Gasteiger partial charge in [0.05, 0.1) is 16.9 Å². The van der Waals surface area contributed by atoms with E-state index in [4.69, 9.17) is 4.74 Å². The highest BCUT2D eigenvalue weighted by molar-refractivity contribution is 6.10. The number of nitrogens with zero attached hydrogens (tertiary/aromatic N) is 1. The Morgan fingerprint density at radius 2 is 1.74 bits per heavy atom. The van der Waals surface area contributed by atoms with Gasteiger partial charge in [-0.15, -0.1) is 0 Å². The molecule has 1 amide bonds. The summed E-state index contributed by atoms with van der Waals surface area (Å²) < 4.78 is 5.60. The number of nitro benzene ring substituents is 1. The van der Waals surface area contributed by atoms with Crippen molar-refractivity contribution in [1.29, 1.82) is 0 Å². The van der Waals surface area contributed by atoms with Crippen molar-refractivity contribution in [2.75, 3.05) is 11.9 Å². The molecule has 0 saturated heterocycles. The third kappa shape index (κ3) is 4.23. The van der Waals surface area contributed by atoms with E-state index in [1.807, 2.05) is 0 Å². The molecule has 3 aromatic carbocycles. The van der Waals surface area contributed by atoms with Gasteiger partial charge in [-0.05, 0) is 42.8 Å². The number of nitro groups is 1. The minimum Gasteiger partial charge on any atom is -0.494 e. The predicted molar refractivity (Wildman–Crippen MR) is 105 cm³/mol. The molecule has 6 nitrogen and oxygen atoms in total. The number of anilines is 1. The van der Waals surface area contributed by atoms with E-state index >= 15 is 0 Å². The summed E-state index contributed by atoms with van der Waals surface area (Å²) in [5.74, 6) is 0.440. The molecular formula is C21H20N2O4. The number of carbonyl (C=O) groups excluding carboxylic acids is 1. The fourth-order valence-corrected chi connectivity index (χ4v) is 2.79. The molecule has 0 aromatic heterocycles. The van der Waals surface area contributed by atoms with Crippen LogP contribution < -0.4 is 10.1 Å². The van der Waals surface area contributed by atoms with Gasteiger partial charge in [0.1, 0.15) is 5.75 Å². The van der Waals surface area contributed by atoms with Gasteiger partial charge in [0.25, 0.3) is 11.6 Å². The Hall–Kier alpha value is -3.41. The van der Waals surface area contributed by atoms with E-state index in [2.05, 4.69) is 12.2 Å². The van der Waals surface area contributed by atoms with Gasteiger partial charge in [-0.1, -0.05) is 31.5 Å². The number of carbonyl (C=O) groups is 1. The highest BCUT2D eigenvalue weighted by Crippen LogP contribution is 2.30. The van der Waals surface area contributed by atoms with Crippen LogP contribution in [0.4, 0.5) is 11.4 Å². The number of amides is 1. The van der Waals surface area contributed by atoms with Gasteiger partial charge in [0.2, 0.25) is 0 Å². The Bertz CT molecular complexity index is 968. The fraction of sp³-hybridized carbons (Fsp3) is 0.190. The first kappa shape index (κ1) is 18.4. The molecule has 0 radical (unpaired) electrons. The zero-order valence-corrected chi connectivity index (χ0v) is 15.0. The fourth-order valence-electron chi connectivity index (χ4n) is 2.79. The lowest BCUT2D eigenvalue weighted by molar-refractivity contribution is -0.383. The number of rotatable bonds is 7. The van der Waals surface area contributed by atoms with Crippen molar-refractivity contribution >= 4 is 28.1 Å². The van der Waals surface area contributed by atoms with Gasteiger partial charge in [-0.3, -0.25) is 14.9 Å². The minimum atomic E-state index is -0.425. The van der Waals surface area contributed by atoms with E-state index < -0.39 is 4.92 Å². The summed E-state index contributed by atoms with van der Waals surface area (Å²) in [7, 11) is 0. The van der Waals surface area contributed by atoms with Crippen LogP contribution in [-0.2, 0) is 0 Å². The number of unbranched alkanes of at least 4 members (excludes halogenated alkanes) is 1. The van der Waals surface area contributed by atoms with E-state index in [-0.39, 0.29) is 11.6 Å². The summed E-state index contributed by atoms with van der Waals surface area (Å²) in [5, 5.41) is 15.1. The van der Waals surface area contributed by atoms with Crippen LogP contribution in [0.2, 0.25) is 0 Å². The molecule has 0 spiro atoms. The molecule has 0 bridgehead atoms. The van der Waals surface area contributed by atoms with Crippen molar-refractivity contribution < 1.29 is 14.5 Å². The first-order valence-electron chi connectivity index (χ1n) is 8.80. The Labute approximate surface area is 156 Å². The number of ether oxygens (including phenoxy) is 1. The Morgan fingerprint density at radius 3 is 2.44 bits per heavy atom. The van der Waals surface area contributed by atoms with Crippen molar-refractivity contribution in [3.05, 3.63) is 76.3 Å². The van der Waals surface area contributed by atoms with E-state index in [1.54, 1.807) is 54.6 Å². The van der Waals surface area contributed by atoms with Gasteiger partial charge >= 0.3 is 0 Å². The second kappa shape index (κ2) is 8.31. The maximum absolute atomic E-state index is 12.6. The molecule has 3 aromatic rings. The molecule has 1 N–H and O–H groups in total. The Kier molecular flexibility index (Phi) is 5.66. The van der Waals surface area contributed by atoms with Gasteiger partial charge in [-0.25, -0.2) is 0 Å². The van der Waals surface area contributed by atoms with Gasteiger partial charge in [-0.2, -0.15) is 0 Å². The minimum absolute atomic E-state index is 0.0113. The first-order valence-corrected chi connectivity index (χ1v) is 8.80. The summed E-state index contributed by atoms with van der Waals surface area (Å²) in [6.07, 6.45) is 2.04. The molecule has 138 valence electrons. The summed E-state index contributed by atoms with van der Waals surface area (Å²) >= 11 is 0. The standard InChI is InChI=1S/C21H20N2O4/c1-2-3-14-27-16-12-10-15(11-13-16)21(24)22-19-8-4-7-18-17(19)6-5-9-20(18)23(25)26/h4-13H,2-3,14H2,1H3,(H,22,24). The molecule has 0 unspecified atom stereocenters. The summed E-state index contributed by atoms with van der Waals surface area (Å²) in [4.78, 5) is 23.3. The smallest absolute Gasteiger partial charge is 0.277 e. The zero-order chi connectivity index (χ0) is 19.2.